The van der Waals surface area contributed by atoms with Gasteiger partial charge >= 0.3 is 0 Å². The van der Waals surface area contributed by atoms with Crippen LogP contribution in [0.5, 0.6) is 0 Å². The Balaban J connectivity index is 3.50. The fraction of sp³-hybridized carbons (Fsp3) is 0.804. The Hall–Kier alpha value is -1.91. The van der Waals surface area contributed by atoms with E-state index in [2.05, 4.69) is 79.9 Å². The third-order valence-corrected chi connectivity index (χ3v) is 12.0. The molecule has 1 amide bonds. The largest absolute Gasteiger partial charge is 0.394 e. The van der Waals surface area contributed by atoms with E-state index in [9.17, 15) is 15.0 Å². The Morgan fingerprint density at radius 2 is 0.733 bits per heavy atom. The van der Waals surface area contributed by atoms with Gasteiger partial charge in [0.15, 0.2) is 0 Å². The van der Waals surface area contributed by atoms with Crippen molar-refractivity contribution in [2.75, 3.05) is 6.61 Å². The van der Waals surface area contributed by atoms with Gasteiger partial charge in [0.25, 0.3) is 0 Å². The summed E-state index contributed by atoms with van der Waals surface area (Å²) in [7, 11) is 0. The summed E-state index contributed by atoms with van der Waals surface area (Å²) < 4.78 is 0. The average Bonchev–Trinajstić information content (AvgIpc) is 3.25. The molecule has 4 nitrogen and oxygen atoms in total. The topological polar surface area (TPSA) is 69.6 Å². The van der Waals surface area contributed by atoms with E-state index in [1.54, 1.807) is 0 Å². The van der Waals surface area contributed by atoms with Crippen LogP contribution in [0.3, 0.4) is 0 Å². The predicted molar refractivity (Wildman–Crippen MR) is 267 cm³/mol. The number of carbonyl (C=O) groups is 1. The number of hydrogen-bond acceptors (Lipinski definition) is 3. The summed E-state index contributed by atoms with van der Waals surface area (Å²) in [6.45, 7) is 4.25. The lowest BCUT2D eigenvalue weighted by Crippen LogP contribution is -2.45. The number of aliphatic hydroxyl groups is 2. The average molecular weight is 838 g/mol. The van der Waals surface area contributed by atoms with E-state index < -0.39 is 12.1 Å². The minimum Gasteiger partial charge on any atom is -0.394 e. The molecule has 0 spiro atoms. The first kappa shape index (κ1) is 58.1. The first-order chi connectivity index (χ1) is 29.7. The maximum absolute atomic E-state index is 12.5. The summed E-state index contributed by atoms with van der Waals surface area (Å²) in [5.41, 5.74) is 0. The minimum atomic E-state index is -0.672. The van der Waals surface area contributed by atoms with Crippen molar-refractivity contribution in [3.8, 4) is 0 Å². The fourth-order valence-electron chi connectivity index (χ4n) is 8.04. The van der Waals surface area contributed by atoms with Gasteiger partial charge in [-0.3, -0.25) is 4.79 Å². The van der Waals surface area contributed by atoms with E-state index in [-0.39, 0.29) is 12.5 Å². The highest BCUT2D eigenvalue weighted by atomic mass is 16.3. The number of unbranched alkanes of at least 4 members (excludes halogenated alkanes) is 31. The van der Waals surface area contributed by atoms with Crippen LogP contribution in [0.1, 0.15) is 271 Å². The normalized spacial score (nSPS) is 13.3. The molecular weight excluding hydrogens is 735 g/mol. The molecule has 0 aromatic carbocycles. The van der Waals surface area contributed by atoms with Crippen LogP contribution in [0.25, 0.3) is 0 Å². The van der Waals surface area contributed by atoms with Crippen LogP contribution in [0, 0.1) is 0 Å². The lowest BCUT2D eigenvalue weighted by Gasteiger charge is -2.22. The van der Waals surface area contributed by atoms with Crippen molar-refractivity contribution >= 4 is 5.91 Å². The van der Waals surface area contributed by atoms with E-state index in [0.717, 1.165) is 70.6 Å². The van der Waals surface area contributed by atoms with Crippen molar-refractivity contribution in [1.82, 2.24) is 5.32 Å². The van der Waals surface area contributed by atoms with Crippen molar-refractivity contribution in [3.05, 3.63) is 60.8 Å². The third kappa shape index (κ3) is 47.1. The van der Waals surface area contributed by atoms with Crippen LogP contribution in [0.4, 0.5) is 0 Å². The molecule has 0 rings (SSSR count). The number of nitrogens with one attached hydrogen (secondary N) is 1. The van der Waals surface area contributed by atoms with Crippen molar-refractivity contribution in [1.29, 1.82) is 0 Å². The number of amides is 1. The second-order valence-electron chi connectivity index (χ2n) is 17.9. The van der Waals surface area contributed by atoms with Crippen LogP contribution in [0.2, 0.25) is 0 Å². The van der Waals surface area contributed by atoms with Crippen LogP contribution in [-0.2, 0) is 4.79 Å². The van der Waals surface area contributed by atoms with Crippen molar-refractivity contribution in [3.63, 3.8) is 0 Å². The Bertz CT molecular complexity index is 996. The SMILES string of the molecule is CC/C=C\C/C=C\C/C=C\C/C=C\C/C=C\CCCCCCCC(=O)NC(CO)C(O)CCCCCCCCCCCCCCCCCCCCCCCCCCCCC. The molecule has 2 atom stereocenters. The molecule has 0 heterocycles. The zero-order valence-electron chi connectivity index (χ0n) is 40.2. The Morgan fingerprint density at radius 3 is 1.10 bits per heavy atom. The van der Waals surface area contributed by atoms with Gasteiger partial charge in [0.1, 0.15) is 0 Å². The third-order valence-electron chi connectivity index (χ3n) is 12.0. The summed E-state index contributed by atoms with van der Waals surface area (Å²) in [5, 5.41) is 23.3. The zero-order valence-corrected chi connectivity index (χ0v) is 40.2. The smallest absolute Gasteiger partial charge is 0.220 e. The summed E-state index contributed by atoms with van der Waals surface area (Å²) in [5.74, 6) is -0.0490. The Kier molecular flexibility index (Phi) is 49.8. The van der Waals surface area contributed by atoms with Gasteiger partial charge in [-0.1, -0.05) is 267 Å². The van der Waals surface area contributed by atoms with Crippen LogP contribution in [0.15, 0.2) is 60.8 Å². The van der Waals surface area contributed by atoms with Gasteiger partial charge in [0.05, 0.1) is 18.8 Å². The molecule has 0 saturated heterocycles. The van der Waals surface area contributed by atoms with E-state index >= 15 is 0 Å². The van der Waals surface area contributed by atoms with Gasteiger partial charge in [0, 0.05) is 6.42 Å². The summed E-state index contributed by atoms with van der Waals surface area (Å²) in [6.07, 6.45) is 71.9. The summed E-state index contributed by atoms with van der Waals surface area (Å²) in [6, 6.07) is -0.551. The first-order valence-corrected chi connectivity index (χ1v) is 26.5. The van der Waals surface area contributed by atoms with Crippen molar-refractivity contribution in [2.45, 2.75) is 283 Å². The summed E-state index contributed by atoms with van der Waals surface area (Å²) in [4.78, 5) is 12.5. The molecular formula is C56H103NO3. The zero-order chi connectivity index (χ0) is 43.5. The molecule has 3 N–H and O–H groups in total. The van der Waals surface area contributed by atoms with Gasteiger partial charge in [-0.25, -0.2) is 0 Å². The second-order valence-corrected chi connectivity index (χ2v) is 17.9. The lowest BCUT2D eigenvalue weighted by molar-refractivity contribution is -0.123. The highest BCUT2D eigenvalue weighted by molar-refractivity contribution is 5.76. The van der Waals surface area contributed by atoms with Gasteiger partial charge in [-0.2, -0.15) is 0 Å². The Labute approximate surface area is 375 Å². The molecule has 0 aliphatic carbocycles. The minimum absolute atomic E-state index is 0.0490. The molecule has 0 aromatic rings. The highest BCUT2D eigenvalue weighted by Gasteiger charge is 2.20. The number of carbonyl (C=O) groups excluding carboxylic acids is 1. The number of hydrogen-bond donors (Lipinski definition) is 3. The summed E-state index contributed by atoms with van der Waals surface area (Å²) >= 11 is 0. The van der Waals surface area contributed by atoms with Crippen LogP contribution < -0.4 is 5.32 Å². The quantitative estimate of drug-likeness (QED) is 0.0422. The molecule has 0 aliphatic rings. The van der Waals surface area contributed by atoms with Crippen molar-refractivity contribution in [2.24, 2.45) is 0 Å². The van der Waals surface area contributed by atoms with Crippen LogP contribution >= 0.6 is 0 Å². The second kappa shape index (κ2) is 51.4. The maximum Gasteiger partial charge on any atom is 0.220 e. The fourth-order valence-corrected chi connectivity index (χ4v) is 8.04. The molecule has 0 aliphatic heterocycles. The lowest BCUT2D eigenvalue weighted by atomic mass is 10.0. The van der Waals surface area contributed by atoms with E-state index in [0.29, 0.717) is 12.8 Å². The molecule has 4 heteroatoms. The number of rotatable bonds is 48. The molecule has 0 aromatic heterocycles. The Morgan fingerprint density at radius 1 is 0.417 bits per heavy atom. The van der Waals surface area contributed by atoms with E-state index in [1.807, 2.05) is 0 Å². The van der Waals surface area contributed by atoms with Gasteiger partial charge in [-0.05, 0) is 57.8 Å². The molecule has 0 saturated carbocycles. The predicted octanol–water partition coefficient (Wildman–Crippen LogP) is 17.2. The molecule has 2 unspecified atom stereocenters. The molecule has 0 fully saturated rings. The molecule has 60 heavy (non-hydrogen) atoms. The number of allylic oxidation sites excluding steroid dienone is 10. The highest BCUT2D eigenvalue weighted by Crippen LogP contribution is 2.17. The molecule has 0 bridgehead atoms. The van der Waals surface area contributed by atoms with Crippen molar-refractivity contribution < 1.29 is 15.0 Å². The molecule has 350 valence electrons. The number of aliphatic hydroxyl groups excluding tert-OH is 2. The first-order valence-electron chi connectivity index (χ1n) is 26.5. The van der Waals surface area contributed by atoms with E-state index in [1.165, 1.54) is 173 Å². The van der Waals surface area contributed by atoms with Gasteiger partial charge in [0.2, 0.25) is 5.91 Å². The van der Waals surface area contributed by atoms with Gasteiger partial charge < -0.3 is 15.5 Å². The van der Waals surface area contributed by atoms with E-state index in [4.69, 9.17) is 0 Å². The van der Waals surface area contributed by atoms with Gasteiger partial charge in [-0.15, -0.1) is 0 Å². The maximum atomic E-state index is 12.5. The van der Waals surface area contributed by atoms with Crippen LogP contribution in [-0.4, -0.2) is 34.9 Å². The monoisotopic (exact) mass is 838 g/mol. The molecule has 0 radical (unpaired) electrons. The standard InChI is InChI=1S/C56H103NO3/c1-3-5-7-9-11-13-15-17-19-21-23-25-26-27-28-29-30-32-33-35-37-39-41-43-45-47-49-51-55(59)54(53-58)57-56(60)52-50-48-46-44-42-40-38-36-34-31-24-22-20-18-16-14-12-10-8-6-4-2/h6,8,12,14,18,20,24,31,36,38,54-55,58-59H,3-5,7,9-11,13,15-17,19,21-23,25-30,32-35,37,39-53H2,1-2H3,(H,57,60)/b8-6-,14-12-,20-18-,31-24-,38-36-.